The molecule has 1 saturated heterocycles. The second-order valence-electron chi connectivity index (χ2n) is 9.06. The molecule has 0 spiro atoms. The van der Waals surface area contributed by atoms with Crippen LogP contribution in [-0.4, -0.2) is 87.3 Å². The molecule has 0 saturated carbocycles. The molecule has 1 fully saturated rings. The van der Waals surface area contributed by atoms with Crippen molar-refractivity contribution in [3.63, 3.8) is 0 Å². The highest BCUT2D eigenvalue weighted by molar-refractivity contribution is 5.93. The number of aromatic amines is 1. The number of hydrogen-bond acceptors (Lipinski definition) is 7. The predicted octanol–water partition coefficient (Wildman–Crippen LogP) is 1.37. The number of carboxylic acids is 1. The summed E-state index contributed by atoms with van der Waals surface area (Å²) in [7, 11) is 0. The number of hydrogen-bond donors (Lipinski definition) is 3. The lowest BCUT2D eigenvalue weighted by molar-refractivity contribution is -0.140. The molecule has 3 N–H and O–H groups in total. The summed E-state index contributed by atoms with van der Waals surface area (Å²) in [6.07, 6.45) is 2.51. The summed E-state index contributed by atoms with van der Waals surface area (Å²) in [5.74, 6) is -12.4. The van der Waals surface area contributed by atoms with E-state index >= 15 is 0 Å². The van der Waals surface area contributed by atoms with Crippen molar-refractivity contribution < 1.29 is 46.6 Å². The molecular weight excluding hydrogens is 542 g/mol. The quantitative estimate of drug-likeness (QED) is 0.234. The molecule has 212 valence electrons. The van der Waals surface area contributed by atoms with E-state index in [0.717, 1.165) is 16.6 Å². The summed E-state index contributed by atoms with van der Waals surface area (Å²) >= 11 is 0. The number of fused-ring (bicyclic) bond motifs is 1. The number of aliphatic carboxylic acids is 1. The first kappa shape index (κ1) is 28.5. The normalized spacial score (nSPS) is 14.8. The summed E-state index contributed by atoms with van der Waals surface area (Å²) in [5.41, 5.74) is 1.55. The zero-order chi connectivity index (χ0) is 29.0. The third-order valence-corrected chi connectivity index (χ3v) is 6.13. The monoisotopic (exact) mass is 565 g/mol. The van der Waals surface area contributed by atoms with Crippen molar-refractivity contribution in [3.8, 4) is 5.75 Å². The van der Waals surface area contributed by atoms with Gasteiger partial charge in [-0.15, -0.1) is 0 Å². The number of nitrogens with zero attached hydrogens (tertiary/aromatic N) is 3. The summed E-state index contributed by atoms with van der Waals surface area (Å²) in [6.45, 7) is -0.724. The number of aromatic nitrogens is 2. The number of amides is 2. The molecule has 15 heteroatoms. The van der Waals surface area contributed by atoms with E-state index in [0.29, 0.717) is 19.6 Å². The fourth-order valence-corrected chi connectivity index (χ4v) is 4.14. The first-order valence-corrected chi connectivity index (χ1v) is 11.9. The number of pyridine rings is 1. The molecule has 0 radical (unpaired) electrons. The van der Waals surface area contributed by atoms with Crippen molar-refractivity contribution in [2.24, 2.45) is 0 Å². The van der Waals surface area contributed by atoms with Crippen LogP contribution in [-0.2, 0) is 25.7 Å². The Kier molecular flexibility index (Phi) is 8.62. The number of carbonyl (C=O) groups excluding carboxylic acids is 3. The topological polar surface area (TPSA) is 145 Å². The Morgan fingerprint density at radius 2 is 1.85 bits per heavy atom. The molecule has 0 bridgehead atoms. The second-order valence-corrected chi connectivity index (χ2v) is 9.06. The molecule has 2 amide bonds. The van der Waals surface area contributed by atoms with Gasteiger partial charge in [0.05, 0.1) is 19.5 Å². The lowest BCUT2D eigenvalue weighted by Gasteiger charge is -2.34. The first-order valence-electron chi connectivity index (χ1n) is 11.9. The van der Waals surface area contributed by atoms with Crippen LogP contribution in [0.1, 0.15) is 12.0 Å². The Hall–Kier alpha value is -4.53. The summed E-state index contributed by atoms with van der Waals surface area (Å²) in [4.78, 5) is 59.3. The van der Waals surface area contributed by atoms with Crippen molar-refractivity contribution in [1.82, 2.24) is 25.1 Å². The van der Waals surface area contributed by atoms with Crippen molar-refractivity contribution in [1.29, 1.82) is 0 Å². The molecule has 0 aliphatic carbocycles. The fourth-order valence-electron chi connectivity index (χ4n) is 4.14. The van der Waals surface area contributed by atoms with Crippen LogP contribution in [0.5, 0.6) is 5.75 Å². The smallest absolute Gasteiger partial charge is 0.305 e. The maximum absolute atomic E-state index is 13.8. The minimum Gasteiger partial charge on any atom is -0.481 e. The van der Waals surface area contributed by atoms with Gasteiger partial charge in [0.1, 0.15) is 18.3 Å². The molecular formula is C25H23F4N5O6. The minimum absolute atomic E-state index is 0.0448. The zero-order valence-corrected chi connectivity index (χ0v) is 20.8. The number of piperazine rings is 1. The molecule has 4 rings (SSSR count). The van der Waals surface area contributed by atoms with Gasteiger partial charge >= 0.3 is 5.97 Å². The predicted molar refractivity (Wildman–Crippen MR) is 129 cm³/mol. The highest BCUT2D eigenvalue weighted by Gasteiger charge is 2.29. The molecule has 1 atom stereocenters. The highest BCUT2D eigenvalue weighted by atomic mass is 19.2. The summed E-state index contributed by atoms with van der Waals surface area (Å²) < 4.78 is 58.9. The molecule has 2 aromatic heterocycles. The van der Waals surface area contributed by atoms with E-state index in [9.17, 15) is 36.7 Å². The number of H-pyrrole nitrogens is 1. The second kappa shape index (κ2) is 12.1. The van der Waals surface area contributed by atoms with Crippen LogP contribution in [0.25, 0.3) is 11.0 Å². The number of carboxylic acid groups (broad SMARTS) is 1. The van der Waals surface area contributed by atoms with E-state index in [2.05, 4.69) is 20.0 Å². The lowest BCUT2D eigenvalue weighted by atomic mass is 10.1. The molecule has 1 aliphatic heterocycles. The molecule has 3 aromatic rings. The van der Waals surface area contributed by atoms with E-state index in [4.69, 9.17) is 5.11 Å². The van der Waals surface area contributed by atoms with E-state index in [1.165, 1.54) is 4.90 Å². The van der Waals surface area contributed by atoms with Crippen LogP contribution >= 0.6 is 0 Å². The van der Waals surface area contributed by atoms with Crippen LogP contribution in [0.4, 0.5) is 17.6 Å². The van der Waals surface area contributed by atoms with Crippen LogP contribution in [0.3, 0.4) is 0 Å². The summed E-state index contributed by atoms with van der Waals surface area (Å²) in [5, 5.41) is 12.2. The Balaban J connectivity index is 1.31. The lowest BCUT2D eigenvalue weighted by Crippen LogP contribution is -2.54. The Morgan fingerprint density at radius 1 is 1.12 bits per heavy atom. The Labute approximate surface area is 223 Å². The average Bonchev–Trinajstić information content (AvgIpc) is 3.36. The number of nitrogens with one attached hydrogen (secondary N) is 2. The van der Waals surface area contributed by atoms with E-state index in [1.807, 2.05) is 12.1 Å². The van der Waals surface area contributed by atoms with Crippen LogP contribution < -0.4 is 10.1 Å². The van der Waals surface area contributed by atoms with Crippen molar-refractivity contribution >= 4 is 34.6 Å². The number of ketones is 1. The summed E-state index contributed by atoms with van der Waals surface area (Å²) in [6, 6.07) is 2.04. The van der Waals surface area contributed by atoms with Crippen molar-refractivity contribution in [2.75, 3.05) is 32.8 Å². The zero-order valence-electron chi connectivity index (χ0n) is 20.8. The van der Waals surface area contributed by atoms with Gasteiger partial charge < -0.3 is 25.0 Å². The largest absolute Gasteiger partial charge is 0.481 e. The fraction of sp³-hybridized carbons (Fsp3) is 0.320. The van der Waals surface area contributed by atoms with E-state index in [-0.39, 0.29) is 25.1 Å². The molecule has 1 aromatic carbocycles. The molecule has 1 unspecified atom stereocenters. The van der Waals surface area contributed by atoms with Gasteiger partial charge in [0, 0.05) is 43.5 Å². The van der Waals surface area contributed by atoms with E-state index < -0.39 is 65.7 Å². The average molecular weight is 565 g/mol. The molecule has 40 heavy (non-hydrogen) atoms. The van der Waals surface area contributed by atoms with Gasteiger partial charge in [-0.2, -0.15) is 8.78 Å². The number of halogens is 4. The number of ether oxygens (including phenoxy) is 1. The molecule has 11 nitrogen and oxygen atoms in total. The van der Waals surface area contributed by atoms with Gasteiger partial charge in [0.25, 0.3) is 0 Å². The van der Waals surface area contributed by atoms with Gasteiger partial charge in [-0.25, -0.2) is 13.8 Å². The number of benzene rings is 1. The van der Waals surface area contributed by atoms with Gasteiger partial charge in [0.15, 0.2) is 23.2 Å². The van der Waals surface area contributed by atoms with E-state index in [1.54, 1.807) is 17.3 Å². The van der Waals surface area contributed by atoms with Crippen LogP contribution in [0.15, 0.2) is 30.6 Å². The van der Waals surface area contributed by atoms with Gasteiger partial charge in [0.2, 0.25) is 23.4 Å². The third kappa shape index (κ3) is 6.72. The van der Waals surface area contributed by atoms with Gasteiger partial charge in [-0.1, -0.05) is 0 Å². The van der Waals surface area contributed by atoms with Crippen molar-refractivity contribution in [3.05, 3.63) is 59.4 Å². The van der Waals surface area contributed by atoms with Crippen LogP contribution in [0.2, 0.25) is 0 Å². The highest BCUT2D eigenvalue weighted by Crippen LogP contribution is 2.26. The van der Waals surface area contributed by atoms with Crippen LogP contribution in [0, 0.1) is 23.3 Å². The standard InChI is InChI=1S/C25H23F4N5O6/c26-15-6-16(27)23(29)24(22(15)28)40-12-18(35)17(7-21(38)39)32-19(36)10-33-3-4-34(20(37)11-33)9-13-5-14-1-2-30-25(14)31-8-13/h1-2,5-6,8,17H,3-4,7,9-12H2,(H,30,31)(H,32,36)(H,38,39). The number of rotatable bonds is 11. The Morgan fingerprint density at radius 3 is 2.52 bits per heavy atom. The molecule has 3 heterocycles. The minimum atomic E-state index is -1.88. The third-order valence-electron chi connectivity index (χ3n) is 6.13. The van der Waals surface area contributed by atoms with Gasteiger partial charge in [-0.05, 0) is 17.7 Å². The van der Waals surface area contributed by atoms with Crippen molar-refractivity contribution in [2.45, 2.75) is 19.0 Å². The SMILES string of the molecule is O=C(O)CC(NC(=O)CN1CCN(Cc2cnc3[nH]ccc3c2)C(=O)C1)C(=O)COc1c(F)c(F)cc(F)c1F. The molecule has 1 aliphatic rings. The maximum atomic E-state index is 13.8. The maximum Gasteiger partial charge on any atom is 0.305 e. The number of carbonyl (C=O) groups is 4. The Bertz CT molecular complexity index is 1440. The number of Topliss-reactive ketones (excluding diaryl/α,β-unsaturated/α-hetero) is 1. The van der Waals surface area contributed by atoms with Gasteiger partial charge in [-0.3, -0.25) is 24.1 Å². The first-order chi connectivity index (χ1) is 19.0.